The van der Waals surface area contributed by atoms with Crippen molar-refractivity contribution in [2.24, 2.45) is 0 Å². The van der Waals surface area contributed by atoms with Crippen molar-refractivity contribution in [3.05, 3.63) is 27.2 Å². The fourth-order valence-corrected chi connectivity index (χ4v) is 3.64. The van der Waals surface area contributed by atoms with E-state index < -0.39 is 11.5 Å². The van der Waals surface area contributed by atoms with Crippen LogP contribution in [0, 0.1) is 0 Å². The molecular weight excluding hydrogens is 391 g/mol. The summed E-state index contributed by atoms with van der Waals surface area (Å²) in [6.45, 7) is 5.68. The normalized spacial score (nSPS) is 17.4. The molecular formula is C18H30Cl2N4O3. The van der Waals surface area contributed by atoms with Crippen LogP contribution in [0.2, 0.25) is 0 Å². The van der Waals surface area contributed by atoms with Crippen LogP contribution in [0.3, 0.4) is 0 Å². The Balaban J connectivity index is 0.00000182. The highest BCUT2D eigenvalue weighted by Crippen LogP contribution is 2.28. The van der Waals surface area contributed by atoms with E-state index in [-0.39, 0.29) is 36.1 Å². The van der Waals surface area contributed by atoms with Crippen molar-refractivity contribution in [3.8, 4) is 5.75 Å². The van der Waals surface area contributed by atoms with E-state index in [0.29, 0.717) is 13.0 Å². The molecule has 1 aliphatic heterocycles. The number of aryl methyl sites for hydroxylation is 1. The number of aromatic nitrogens is 1. The van der Waals surface area contributed by atoms with Gasteiger partial charge in [-0.2, -0.15) is 0 Å². The summed E-state index contributed by atoms with van der Waals surface area (Å²) in [6, 6.07) is 0. The third-order valence-electron chi connectivity index (χ3n) is 5.24. The smallest absolute Gasteiger partial charge is 0.264 e. The molecule has 7 nitrogen and oxygen atoms in total. The van der Waals surface area contributed by atoms with Crippen molar-refractivity contribution < 1.29 is 9.90 Å². The van der Waals surface area contributed by atoms with Gasteiger partial charge in [0.1, 0.15) is 11.3 Å². The highest BCUT2D eigenvalue weighted by atomic mass is 35.5. The second-order valence-electron chi connectivity index (χ2n) is 7.10. The summed E-state index contributed by atoms with van der Waals surface area (Å²) in [5.41, 5.74) is 0.878. The average Bonchev–Trinajstić information content (AvgIpc) is 2.60. The molecule has 0 bridgehead atoms. The lowest BCUT2D eigenvalue weighted by atomic mass is 9.93. The summed E-state index contributed by atoms with van der Waals surface area (Å²) in [7, 11) is 2.13. The predicted octanol–water partition coefficient (Wildman–Crippen LogP) is 1.17. The lowest BCUT2D eigenvalue weighted by Crippen LogP contribution is -2.45. The maximum absolute atomic E-state index is 12.4. The summed E-state index contributed by atoms with van der Waals surface area (Å²) in [5.74, 6) is -0.611. The lowest BCUT2D eigenvalue weighted by molar-refractivity contribution is 0.0945. The topological polar surface area (TPSA) is 88.7 Å². The molecule has 1 saturated heterocycles. The van der Waals surface area contributed by atoms with Gasteiger partial charge in [-0.25, -0.2) is 0 Å². The van der Waals surface area contributed by atoms with Gasteiger partial charge in [0.05, 0.1) is 0 Å². The molecule has 154 valence electrons. The molecule has 1 aromatic rings. The Kier molecular flexibility index (Phi) is 9.59. The number of aromatic amines is 1. The Labute approximate surface area is 172 Å². The SMILES string of the molecule is CN1CCN(CCCNC(=O)c2c(O)c3c([nH]c2=O)CCCC3)CC1.Cl.Cl. The van der Waals surface area contributed by atoms with Gasteiger partial charge >= 0.3 is 0 Å². The summed E-state index contributed by atoms with van der Waals surface area (Å²) >= 11 is 0. The Morgan fingerprint density at radius 3 is 2.52 bits per heavy atom. The number of hydrogen-bond acceptors (Lipinski definition) is 5. The molecule has 1 aromatic heterocycles. The monoisotopic (exact) mass is 420 g/mol. The van der Waals surface area contributed by atoms with Crippen LogP contribution in [0.1, 0.15) is 40.9 Å². The number of aromatic hydroxyl groups is 1. The van der Waals surface area contributed by atoms with Gasteiger partial charge in [0.2, 0.25) is 0 Å². The second kappa shape index (κ2) is 10.9. The molecule has 0 atom stereocenters. The fraction of sp³-hybridized carbons (Fsp3) is 0.667. The van der Waals surface area contributed by atoms with Crippen molar-refractivity contribution in [3.63, 3.8) is 0 Å². The number of halogens is 2. The van der Waals surface area contributed by atoms with E-state index in [0.717, 1.165) is 69.7 Å². The Hall–Kier alpha value is -1.28. The first-order chi connectivity index (χ1) is 12.1. The number of fused-ring (bicyclic) bond motifs is 1. The Morgan fingerprint density at radius 2 is 1.81 bits per heavy atom. The largest absolute Gasteiger partial charge is 0.507 e. The summed E-state index contributed by atoms with van der Waals surface area (Å²) in [4.78, 5) is 32.0. The molecule has 0 saturated carbocycles. The van der Waals surface area contributed by atoms with Crippen LogP contribution in [0.15, 0.2) is 4.79 Å². The molecule has 1 amide bonds. The van der Waals surface area contributed by atoms with Gasteiger partial charge in [0, 0.05) is 44.0 Å². The van der Waals surface area contributed by atoms with Crippen LogP contribution in [0.4, 0.5) is 0 Å². The summed E-state index contributed by atoms with van der Waals surface area (Å²) in [6.07, 6.45) is 4.27. The van der Waals surface area contributed by atoms with E-state index in [1.54, 1.807) is 0 Å². The van der Waals surface area contributed by atoms with E-state index in [1.165, 1.54) is 0 Å². The molecule has 3 N–H and O–H groups in total. The van der Waals surface area contributed by atoms with E-state index in [2.05, 4.69) is 27.1 Å². The maximum Gasteiger partial charge on any atom is 0.264 e. The third kappa shape index (κ3) is 5.85. The van der Waals surface area contributed by atoms with Crippen LogP contribution in [0.5, 0.6) is 5.75 Å². The Morgan fingerprint density at radius 1 is 1.15 bits per heavy atom. The number of likely N-dealkylation sites (N-methyl/N-ethyl adjacent to an activating group) is 1. The highest BCUT2D eigenvalue weighted by molar-refractivity contribution is 5.96. The molecule has 1 aliphatic carbocycles. The first-order valence-electron chi connectivity index (χ1n) is 9.22. The number of rotatable bonds is 5. The number of hydrogen-bond donors (Lipinski definition) is 3. The van der Waals surface area contributed by atoms with Gasteiger partial charge in [-0.3, -0.25) is 9.59 Å². The minimum Gasteiger partial charge on any atom is -0.507 e. The molecule has 0 spiro atoms. The van der Waals surface area contributed by atoms with Gasteiger partial charge in [-0.05, 0) is 45.7 Å². The van der Waals surface area contributed by atoms with Gasteiger partial charge in [-0.15, -0.1) is 24.8 Å². The van der Waals surface area contributed by atoms with Crippen LogP contribution in [0.25, 0.3) is 0 Å². The summed E-state index contributed by atoms with van der Waals surface area (Å²) in [5, 5.41) is 13.2. The maximum atomic E-state index is 12.4. The van der Waals surface area contributed by atoms with E-state index in [4.69, 9.17) is 0 Å². The lowest BCUT2D eigenvalue weighted by Gasteiger charge is -2.32. The van der Waals surface area contributed by atoms with Gasteiger partial charge in [0.15, 0.2) is 0 Å². The molecule has 2 aliphatic rings. The molecule has 1 fully saturated rings. The highest BCUT2D eigenvalue weighted by Gasteiger charge is 2.23. The molecule has 0 radical (unpaired) electrons. The predicted molar refractivity (Wildman–Crippen MR) is 111 cm³/mol. The molecule has 0 unspecified atom stereocenters. The van der Waals surface area contributed by atoms with Gasteiger partial charge in [0.25, 0.3) is 11.5 Å². The summed E-state index contributed by atoms with van der Waals surface area (Å²) < 4.78 is 0. The zero-order chi connectivity index (χ0) is 17.8. The third-order valence-corrected chi connectivity index (χ3v) is 5.24. The van der Waals surface area contributed by atoms with E-state index in [9.17, 15) is 14.7 Å². The number of piperazine rings is 1. The number of nitrogens with zero attached hydrogens (tertiary/aromatic N) is 2. The number of carbonyl (C=O) groups excluding carboxylic acids is 1. The minimum absolute atomic E-state index is 0. The van der Waals surface area contributed by atoms with Crippen molar-refractivity contribution in [1.82, 2.24) is 20.1 Å². The molecule has 2 heterocycles. The standard InChI is InChI=1S/C18H28N4O3.2ClH/c1-21-9-11-22(12-10-21)8-4-7-19-17(24)15-16(23)13-5-2-3-6-14(13)20-18(15)25;;/h2-12H2,1H3,(H,19,24)(H2,20,23,25);2*1H. The quantitative estimate of drug-likeness (QED) is 0.622. The number of H-pyrrole nitrogens is 1. The fourth-order valence-electron chi connectivity index (χ4n) is 3.64. The number of amides is 1. The Bertz CT molecular complexity index is 688. The van der Waals surface area contributed by atoms with Crippen LogP contribution < -0.4 is 10.9 Å². The molecule has 27 heavy (non-hydrogen) atoms. The zero-order valence-corrected chi connectivity index (χ0v) is 17.4. The second-order valence-corrected chi connectivity index (χ2v) is 7.10. The van der Waals surface area contributed by atoms with E-state index >= 15 is 0 Å². The van der Waals surface area contributed by atoms with Gasteiger partial charge < -0.3 is 25.2 Å². The zero-order valence-electron chi connectivity index (χ0n) is 15.8. The average molecular weight is 421 g/mol. The molecule has 3 rings (SSSR count). The van der Waals surface area contributed by atoms with Crippen molar-refractivity contribution in [2.75, 3.05) is 46.3 Å². The van der Waals surface area contributed by atoms with E-state index in [1.807, 2.05) is 0 Å². The number of pyridine rings is 1. The number of carbonyl (C=O) groups is 1. The van der Waals surface area contributed by atoms with Gasteiger partial charge in [-0.1, -0.05) is 0 Å². The van der Waals surface area contributed by atoms with Crippen LogP contribution in [-0.4, -0.2) is 72.1 Å². The first-order valence-corrected chi connectivity index (χ1v) is 9.22. The van der Waals surface area contributed by atoms with Crippen LogP contribution >= 0.6 is 24.8 Å². The van der Waals surface area contributed by atoms with Crippen molar-refractivity contribution >= 4 is 30.7 Å². The first kappa shape index (κ1) is 23.8. The molecule has 0 aromatic carbocycles. The number of nitrogens with one attached hydrogen (secondary N) is 2. The minimum atomic E-state index is -0.491. The van der Waals surface area contributed by atoms with Crippen molar-refractivity contribution in [2.45, 2.75) is 32.1 Å². The van der Waals surface area contributed by atoms with Crippen molar-refractivity contribution in [1.29, 1.82) is 0 Å². The molecule has 9 heteroatoms. The van der Waals surface area contributed by atoms with Crippen LogP contribution in [-0.2, 0) is 12.8 Å².